The molecule has 7 nitrogen and oxygen atoms in total. The molecule has 1 aliphatic heterocycles. The second kappa shape index (κ2) is 7.75. The van der Waals surface area contributed by atoms with E-state index in [0.717, 1.165) is 51.0 Å². The van der Waals surface area contributed by atoms with Gasteiger partial charge >= 0.3 is 6.09 Å². The van der Waals surface area contributed by atoms with E-state index in [1.54, 1.807) is 4.90 Å². The van der Waals surface area contributed by atoms with Crippen LogP contribution in [0.1, 0.15) is 32.1 Å². The Kier molecular flexibility index (Phi) is 5.46. The first-order valence-electron chi connectivity index (χ1n) is 10.1. The second-order valence-corrected chi connectivity index (χ2v) is 10.4. The maximum atomic E-state index is 14.1. The van der Waals surface area contributed by atoms with Crippen LogP contribution in [0.15, 0.2) is 23.1 Å². The second-order valence-electron chi connectivity index (χ2n) is 8.43. The summed E-state index contributed by atoms with van der Waals surface area (Å²) in [6.07, 6.45) is 5.24. The third-order valence-electron chi connectivity index (χ3n) is 6.49. The number of amides is 1. The van der Waals surface area contributed by atoms with E-state index in [1.165, 1.54) is 12.1 Å². The van der Waals surface area contributed by atoms with Gasteiger partial charge in [-0.3, -0.25) is 4.90 Å². The number of carbonyl (C=O) groups is 1. The van der Waals surface area contributed by atoms with Crippen molar-refractivity contribution in [2.75, 3.05) is 26.0 Å². The first-order chi connectivity index (χ1) is 13.7. The van der Waals surface area contributed by atoms with Gasteiger partial charge in [-0.05, 0) is 56.2 Å². The highest BCUT2D eigenvalue weighted by molar-refractivity contribution is 7.90. The average molecular weight is 427 g/mol. The Morgan fingerprint density at radius 2 is 1.93 bits per heavy atom. The molecule has 0 bridgehead atoms. The minimum atomic E-state index is -3.44. The Morgan fingerprint density at radius 1 is 1.21 bits per heavy atom. The fourth-order valence-corrected chi connectivity index (χ4v) is 5.42. The van der Waals surface area contributed by atoms with Gasteiger partial charge < -0.3 is 14.7 Å². The first kappa shape index (κ1) is 20.4. The Hall–Kier alpha value is -1.87. The highest BCUT2D eigenvalue weighted by Gasteiger charge is 2.52. The number of nitrogens with zero attached hydrogens (tertiary/aromatic N) is 2. The lowest BCUT2D eigenvalue weighted by Gasteiger charge is -2.41. The number of fused-ring (bicyclic) bond motifs is 1. The number of benzene rings is 1. The minimum absolute atomic E-state index is 0.0516. The average Bonchev–Trinajstić information content (AvgIpc) is 3.46. The van der Waals surface area contributed by atoms with Crippen molar-refractivity contribution in [1.82, 2.24) is 9.80 Å². The maximum Gasteiger partial charge on any atom is 0.407 e. The van der Waals surface area contributed by atoms with Crippen LogP contribution in [0.2, 0.25) is 0 Å². The van der Waals surface area contributed by atoms with Crippen molar-refractivity contribution in [2.45, 2.75) is 55.1 Å². The van der Waals surface area contributed by atoms with Crippen LogP contribution in [-0.4, -0.2) is 73.5 Å². The standard InChI is InChI=1S/C20H27FN2O5S/c1-29(26,27)15-6-7-19(16(21)10-15)28-12-13-2-4-14(5-3-13)22-8-9-23(20(24)25)18-11-17(18)22/h6-7,10,13-14,17-18H,2-5,8-9,11-12H2,1H3,(H,24,25)/t13?,14?,17?,18-/m1/s1. The molecule has 1 heterocycles. The summed E-state index contributed by atoms with van der Waals surface area (Å²) in [6.45, 7) is 1.81. The highest BCUT2D eigenvalue weighted by Crippen LogP contribution is 2.41. The molecule has 4 rings (SSSR count). The van der Waals surface area contributed by atoms with Crippen molar-refractivity contribution >= 4 is 15.9 Å². The Balaban J connectivity index is 1.26. The molecule has 1 saturated heterocycles. The van der Waals surface area contributed by atoms with Gasteiger partial charge in [0, 0.05) is 31.4 Å². The summed E-state index contributed by atoms with van der Waals surface area (Å²) >= 11 is 0. The zero-order chi connectivity index (χ0) is 20.8. The summed E-state index contributed by atoms with van der Waals surface area (Å²) in [5.41, 5.74) is 0. The molecule has 1 amide bonds. The predicted molar refractivity (Wildman–Crippen MR) is 104 cm³/mol. The number of halogens is 1. The number of hydrogen-bond donors (Lipinski definition) is 1. The molecule has 0 aromatic heterocycles. The van der Waals surface area contributed by atoms with Crippen LogP contribution in [0.4, 0.5) is 9.18 Å². The molecule has 160 valence electrons. The molecule has 29 heavy (non-hydrogen) atoms. The number of hydrogen-bond acceptors (Lipinski definition) is 5. The fourth-order valence-electron chi connectivity index (χ4n) is 4.79. The SMILES string of the molecule is CS(=O)(=O)c1ccc(OCC2CCC(N3CCN(C(=O)O)[C@@H]4CC43)CC2)c(F)c1. The van der Waals surface area contributed by atoms with Crippen LogP contribution in [0.3, 0.4) is 0 Å². The quantitative estimate of drug-likeness (QED) is 0.779. The topological polar surface area (TPSA) is 87.2 Å². The predicted octanol–water partition coefficient (Wildman–Crippen LogP) is 2.60. The molecule has 2 atom stereocenters. The van der Waals surface area contributed by atoms with Gasteiger partial charge in [-0.1, -0.05) is 0 Å². The third-order valence-corrected chi connectivity index (χ3v) is 7.60. The van der Waals surface area contributed by atoms with Crippen molar-refractivity contribution in [3.63, 3.8) is 0 Å². The Labute approximate surface area is 170 Å². The molecular formula is C20H27FN2O5S. The van der Waals surface area contributed by atoms with Gasteiger partial charge in [-0.25, -0.2) is 17.6 Å². The molecule has 3 fully saturated rings. The first-order valence-corrected chi connectivity index (χ1v) is 12.0. The van der Waals surface area contributed by atoms with Crippen LogP contribution in [0.25, 0.3) is 0 Å². The molecular weight excluding hydrogens is 399 g/mol. The van der Waals surface area contributed by atoms with E-state index in [0.29, 0.717) is 31.2 Å². The number of rotatable bonds is 5. The highest BCUT2D eigenvalue weighted by atomic mass is 32.2. The number of ether oxygens (including phenoxy) is 1. The zero-order valence-corrected chi connectivity index (χ0v) is 17.3. The lowest BCUT2D eigenvalue weighted by atomic mass is 9.85. The summed E-state index contributed by atoms with van der Waals surface area (Å²) in [6, 6.07) is 4.79. The summed E-state index contributed by atoms with van der Waals surface area (Å²) < 4.78 is 42.8. The summed E-state index contributed by atoms with van der Waals surface area (Å²) in [5.74, 6) is -0.224. The lowest BCUT2D eigenvalue weighted by Crippen LogP contribution is -2.52. The number of sulfone groups is 1. The number of carboxylic acid groups (broad SMARTS) is 1. The van der Waals surface area contributed by atoms with Crippen LogP contribution in [-0.2, 0) is 9.84 Å². The van der Waals surface area contributed by atoms with E-state index in [1.807, 2.05) is 0 Å². The molecule has 3 aliphatic rings. The van der Waals surface area contributed by atoms with Gasteiger partial charge in [-0.2, -0.15) is 0 Å². The van der Waals surface area contributed by atoms with Gasteiger partial charge in [0.1, 0.15) is 0 Å². The molecule has 2 aliphatic carbocycles. The Bertz CT molecular complexity index is 885. The molecule has 2 saturated carbocycles. The smallest absolute Gasteiger partial charge is 0.407 e. The van der Waals surface area contributed by atoms with Crippen LogP contribution < -0.4 is 4.74 Å². The molecule has 1 N–H and O–H groups in total. The van der Waals surface area contributed by atoms with E-state index in [2.05, 4.69) is 4.90 Å². The molecule has 1 unspecified atom stereocenters. The molecule has 1 aromatic carbocycles. The van der Waals surface area contributed by atoms with Gasteiger partial charge in [0.15, 0.2) is 21.4 Å². The minimum Gasteiger partial charge on any atom is -0.490 e. The molecule has 0 radical (unpaired) electrons. The Morgan fingerprint density at radius 3 is 2.55 bits per heavy atom. The monoisotopic (exact) mass is 426 g/mol. The molecule has 0 spiro atoms. The van der Waals surface area contributed by atoms with Gasteiger partial charge in [-0.15, -0.1) is 0 Å². The van der Waals surface area contributed by atoms with Crippen LogP contribution >= 0.6 is 0 Å². The van der Waals surface area contributed by atoms with Crippen molar-refractivity contribution in [3.8, 4) is 5.75 Å². The van der Waals surface area contributed by atoms with Gasteiger partial charge in [0.25, 0.3) is 0 Å². The van der Waals surface area contributed by atoms with E-state index >= 15 is 0 Å². The van der Waals surface area contributed by atoms with Crippen molar-refractivity contribution < 1.29 is 27.4 Å². The zero-order valence-electron chi connectivity index (χ0n) is 16.5. The maximum absolute atomic E-state index is 14.1. The van der Waals surface area contributed by atoms with Crippen LogP contribution in [0.5, 0.6) is 5.75 Å². The van der Waals surface area contributed by atoms with E-state index in [9.17, 15) is 22.7 Å². The van der Waals surface area contributed by atoms with Crippen molar-refractivity contribution in [3.05, 3.63) is 24.0 Å². The van der Waals surface area contributed by atoms with E-state index in [-0.39, 0.29) is 16.7 Å². The summed E-state index contributed by atoms with van der Waals surface area (Å²) in [7, 11) is -3.44. The summed E-state index contributed by atoms with van der Waals surface area (Å²) in [5, 5.41) is 9.23. The molecule has 1 aromatic rings. The largest absolute Gasteiger partial charge is 0.490 e. The van der Waals surface area contributed by atoms with Crippen LogP contribution in [0, 0.1) is 11.7 Å². The summed E-state index contributed by atoms with van der Waals surface area (Å²) in [4.78, 5) is 15.2. The third kappa shape index (κ3) is 4.35. The van der Waals surface area contributed by atoms with Crippen molar-refractivity contribution in [2.24, 2.45) is 5.92 Å². The van der Waals surface area contributed by atoms with Crippen molar-refractivity contribution in [1.29, 1.82) is 0 Å². The number of piperazine rings is 1. The fraction of sp³-hybridized carbons (Fsp3) is 0.650. The van der Waals surface area contributed by atoms with Gasteiger partial charge in [0.05, 0.1) is 17.5 Å². The van der Waals surface area contributed by atoms with E-state index < -0.39 is 21.7 Å². The van der Waals surface area contributed by atoms with Gasteiger partial charge in [0.2, 0.25) is 0 Å². The molecule has 9 heteroatoms. The lowest BCUT2D eigenvalue weighted by molar-refractivity contribution is 0.0585. The van der Waals surface area contributed by atoms with E-state index in [4.69, 9.17) is 4.74 Å². The normalized spacial score (nSPS) is 29.9.